The molecule has 3 fully saturated rings. The molecule has 0 N–H and O–H groups in total. The lowest BCUT2D eigenvalue weighted by Gasteiger charge is -2.46. The highest BCUT2D eigenvalue weighted by atomic mass is 16.6. The Morgan fingerprint density at radius 2 is 2.07 bits per heavy atom. The molecule has 0 bridgehead atoms. The van der Waals surface area contributed by atoms with Gasteiger partial charge >= 0.3 is 5.97 Å². The van der Waals surface area contributed by atoms with Gasteiger partial charge in [-0.05, 0) is 56.6 Å². The van der Waals surface area contributed by atoms with Crippen molar-refractivity contribution in [2.45, 2.75) is 52.1 Å². The van der Waals surface area contributed by atoms with Gasteiger partial charge < -0.3 is 14.1 Å². The third-order valence-corrected chi connectivity index (χ3v) is 8.03. The molecular formula is C24H32N2O4. The first-order valence-electron chi connectivity index (χ1n) is 11.4. The summed E-state index contributed by atoms with van der Waals surface area (Å²) in [5.74, 6) is 0.586. The van der Waals surface area contributed by atoms with Gasteiger partial charge in [0, 0.05) is 38.6 Å². The molecule has 3 heterocycles. The Kier molecular flexibility index (Phi) is 5.00. The van der Waals surface area contributed by atoms with Crippen molar-refractivity contribution in [2.24, 2.45) is 17.3 Å². The summed E-state index contributed by atoms with van der Waals surface area (Å²) in [4.78, 5) is 29.4. The lowest BCUT2D eigenvalue weighted by Crippen LogP contribution is -2.51. The predicted octanol–water partition coefficient (Wildman–Crippen LogP) is 3.50. The highest BCUT2D eigenvalue weighted by molar-refractivity contribution is 5.91. The van der Waals surface area contributed by atoms with Crippen LogP contribution < -0.4 is 0 Å². The van der Waals surface area contributed by atoms with Crippen LogP contribution in [0.3, 0.4) is 0 Å². The van der Waals surface area contributed by atoms with Crippen LogP contribution in [0.2, 0.25) is 0 Å². The maximum Gasteiger partial charge on any atom is 0.310 e. The van der Waals surface area contributed by atoms with Crippen molar-refractivity contribution < 1.29 is 18.7 Å². The van der Waals surface area contributed by atoms with Crippen molar-refractivity contribution >= 4 is 11.9 Å². The monoisotopic (exact) mass is 412 g/mol. The summed E-state index contributed by atoms with van der Waals surface area (Å²) in [7, 11) is 0. The second-order valence-corrected chi connectivity index (χ2v) is 9.90. The quantitative estimate of drug-likeness (QED) is 0.562. The largest absolute Gasteiger partial charge is 0.462 e. The van der Waals surface area contributed by atoms with Crippen LogP contribution in [0.25, 0.3) is 0 Å². The van der Waals surface area contributed by atoms with Crippen LogP contribution in [0.5, 0.6) is 0 Å². The van der Waals surface area contributed by atoms with Gasteiger partial charge in [0.2, 0.25) is 0 Å². The van der Waals surface area contributed by atoms with E-state index < -0.39 is 0 Å². The molecule has 2 aliphatic carbocycles. The molecule has 0 aromatic carbocycles. The molecule has 6 heteroatoms. The van der Waals surface area contributed by atoms with Crippen LogP contribution in [-0.4, -0.2) is 60.5 Å². The minimum absolute atomic E-state index is 0.0143. The zero-order valence-electron chi connectivity index (χ0n) is 18.1. The third kappa shape index (κ3) is 3.39. The maximum atomic E-state index is 12.8. The highest BCUT2D eigenvalue weighted by Gasteiger charge is 2.53. The van der Waals surface area contributed by atoms with Gasteiger partial charge in [0.15, 0.2) is 5.76 Å². The van der Waals surface area contributed by atoms with E-state index in [1.165, 1.54) is 25.5 Å². The topological polar surface area (TPSA) is 63.0 Å². The number of allylic oxidation sites excluding steroid dienone is 2. The van der Waals surface area contributed by atoms with Crippen LogP contribution in [0.4, 0.5) is 0 Å². The van der Waals surface area contributed by atoms with Crippen molar-refractivity contribution in [3.8, 4) is 0 Å². The van der Waals surface area contributed by atoms with E-state index in [2.05, 4.69) is 18.7 Å². The van der Waals surface area contributed by atoms with Crippen LogP contribution in [0.15, 0.2) is 34.0 Å². The number of carbonyl (C=O) groups excluding carboxylic acids is 2. The van der Waals surface area contributed by atoms with Crippen LogP contribution in [0.1, 0.15) is 56.5 Å². The smallest absolute Gasteiger partial charge is 0.310 e. The molecule has 162 valence electrons. The fourth-order valence-electron chi connectivity index (χ4n) is 6.29. The standard InChI is InChI=1S/C24H32N2O4/c1-16-5-3-7-24(2)14-21-17(13-19(16)24)18(23(28)30-21)15-25-8-10-26(11-9-25)22(27)20-6-4-12-29-20/h4,6,12,17-18,21H,3,5,7-11,13-15H2,1-2H3/t17-,18-,21-,24+/m0/s1. The molecule has 5 rings (SSSR count). The Morgan fingerprint density at radius 1 is 1.27 bits per heavy atom. The van der Waals surface area contributed by atoms with Crippen LogP contribution >= 0.6 is 0 Å². The van der Waals surface area contributed by atoms with Gasteiger partial charge in [-0.15, -0.1) is 0 Å². The average Bonchev–Trinajstić information content (AvgIpc) is 3.35. The van der Waals surface area contributed by atoms with Crippen molar-refractivity contribution in [1.29, 1.82) is 0 Å². The summed E-state index contributed by atoms with van der Waals surface area (Å²) in [6.45, 7) is 8.30. The molecule has 0 spiro atoms. The number of ether oxygens (including phenoxy) is 1. The molecular weight excluding hydrogens is 380 g/mol. The van der Waals surface area contributed by atoms with E-state index in [9.17, 15) is 9.59 Å². The van der Waals surface area contributed by atoms with Gasteiger partial charge in [-0.3, -0.25) is 14.5 Å². The number of carbonyl (C=O) groups is 2. The van der Waals surface area contributed by atoms with Gasteiger partial charge in [0.1, 0.15) is 6.10 Å². The van der Waals surface area contributed by atoms with E-state index in [4.69, 9.17) is 9.15 Å². The van der Waals surface area contributed by atoms with E-state index in [1.54, 1.807) is 23.3 Å². The van der Waals surface area contributed by atoms with Gasteiger partial charge in [0.05, 0.1) is 12.2 Å². The number of rotatable bonds is 3. The van der Waals surface area contributed by atoms with Crippen molar-refractivity contribution in [1.82, 2.24) is 9.80 Å². The number of nitrogens with zero attached hydrogens (tertiary/aromatic N) is 2. The van der Waals surface area contributed by atoms with E-state index in [-0.39, 0.29) is 29.3 Å². The molecule has 30 heavy (non-hydrogen) atoms. The van der Waals surface area contributed by atoms with Gasteiger partial charge in [0.25, 0.3) is 5.91 Å². The fraction of sp³-hybridized carbons (Fsp3) is 0.667. The summed E-state index contributed by atoms with van der Waals surface area (Å²) >= 11 is 0. The predicted molar refractivity (Wildman–Crippen MR) is 112 cm³/mol. The molecule has 1 saturated carbocycles. The zero-order valence-corrected chi connectivity index (χ0v) is 18.1. The minimum Gasteiger partial charge on any atom is -0.462 e. The fourth-order valence-corrected chi connectivity index (χ4v) is 6.29. The summed E-state index contributed by atoms with van der Waals surface area (Å²) < 4.78 is 11.2. The Morgan fingerprint density at radius 3 is 2.80 bits per heavy atom. The van der Waals surface area contributed by atoms with Crippen molar-refractivity contribution in [3.63, 3.8) is 0 Å². The molecule has 0 unspecified atom stereocenters. The van der Waals surface area contributed by atoms with E-state index in [1.807, 2.05) is 4.90 Å². The maximum absolute atomic E-state index is 12.8. The molecule has 2 saturated heterocycles. The highest BCUT2D eigenvalue weighted by Crippen LogP contribution is 2.55. The van der Waals surface area contributed by atoms with E-state index >= 15 is 0 Å². The molecule has 2 aliphatic heterocycles. The molecule has 6 nitrogen and oxygen atoms in total. The number of piperazine rings is 1. The second-order valence-electron chi connectivity index (χ2n) is 9.90. The summed E-state index contributed by atoms with van der Waals surface area (Å²) in [6, 6.07) is 3.45. The Labute approximate surface area is 178 Å². The SMILES string of the molecule is CC1=C2C[C@@H]3[C@H](C[C@@]2(C)CCC1)OC(=O)[C@H]3CN1CCN(C(=O)c2ccco2)CC1. The van der Waals surface area contributed by atoms with Crippen LogP contribution in [0, 0.1) is 17.3 Å². The number of fused-ring (bicyclic) bond motifs is 2. The molecule has 1 aromatic heterocycles. The average molecular weight is 413 g/mol. The number of hydrogen-bond acceptors (Lipinski definition) is 5. The molecule has 4 atom stereocenters. The molecule has 1 amide bonds. The normalized spacial score (nSPS) is 34.5. The first-order valence-corrected chi connectivity index (χ1v) is 11.4. The number of esters is 1. The summed E-state index contributed by atoms with van der Waals surface area (Å²) in [5.41, 5.74) is 3.37. The first kappa shape index (κ1) is 19.9. The van der Waals surface area contributed by atoms with Crippen LogP contribution in [-0.2, 0) is 9.53 Å². The van der Waals surface area contributed by atoms with Crippen molar-refractivity contribution in [2.75, 3.05) is 32.7 Å². The summed E-state index contributed by atoms with van der Waals surface area (Å²) in [5, 5.41) is 0. The lowest BCUT2D eigenvalue weighted by atomic mass is 9.59. The second kappa shape index (κ2) is 7.56. The van der Waals surface area contributed by atoms with Crippen molar-refractivity contribution in [3.05, 3.63) is 35.3 Å². The zero-order chi connectivity index (χ0) is 20.9. The molecule has 1 aromatic rings. The van der Waals surface area contributed by atoms with Gasteiger partial charge in [-0.2, -0.15) is 0 Å². The number of hydrogen-bond donors (Lipinski definition) is 0. The number of amides is 1. The van der Waals surface area contributed by atoms with E-state index in [0.717, 1.165) is 32.5 Å². The Bertz CT molecular complexity index is 853. The lowest BCUT2D eigenvalue weighted by molar-refractivity contribution is -0.145. The third-order valence-electron chi connectivity index (χ3n) is 8.03. The summed E-state index contributed by atoms with van der Waals surface area (Å²) in [6.07, 6.45) is 7.28. The molecule has 0 radical (unpaired) electrons. The number of furan rings is 1. The van der Waals surface area contributed by atoms with Gasteiger partial charge in [-0.25, -0.2) is 0 Å². The molecule has 4 aliphatic rings. The van der Waals surface area contributed by atoms with E-state index in [0.29, 0.717) is 24.8 Å². The Balaban J connectivity index is 1.23. The Hall–Kier alpha value is -2.08. The minimum atomic E-state index is -0.0498. The first-order chi connectivity index (χ1) is 14.4. The van der Waals surface area contributed by atoms with Gasteiger partial charge in [-0.1, -0.05) is 18.1 Å².